The number of rotatable bonds is 2. The van der Waals surface area contributed by atoms with Crippen LogP contribution < -0.4 is 5.32 Å². The van der Waals surface area contributed by atoms with Gasteiger partial charge in [0.05, 0.1) is 12.0 Å². The fraction of sp³-hybridized carbons (Fsp3) is 0.929. The maximum absolute atomic E-state index is 12.1. The minimum absolute atomic E-state index is 0.0842. The van der Waals surface area contributed by atoms with E-state index in [1.165, 1.54) is 12.8 Å². The van der Waals surface area contributed by atoms with Gasteiger partial charge in [0.2, 0.25) is 5.91 Å². The monoisotopic (exact) mass is 239 g/mol. The summed E-state index contributed by atoms with van der Waals surface area (Å²) < 4.78 is 0. The van der Waals surface area contributed by atoms with Gasteiger partial charge in [0.1, 0.15) is 0 Å². The summed E-state index contributed by atoms with van der Waals surface area (Å²) in [6.07, 6.45) is 5.80. The summed E-state index contributed by atoms with van der Waals surface area (Å²) in [5.74, 6) is 1.19. The lowest BCUT2D eigenvalue weighted by molar-refractivity contribution is -0.129. The molecule has 0 bridgehead atoms. The van der Waals surface area contributed by atoms with Crippen LogP contribution in [0.2, 0.25) is 0 Å². The number of aliphatic hydroxyl groups is 1. The number of carbonyl (C=O) groups is 1. The quantitative estimate of drug-likeness (QED) is 0.775. The molecule has 0 saturated heterocycles. The van der Waals surface area contributed by atoms with Gasteiger partial charge < -0.3 is 10.4 Å². The van der Waals surface area contributed by atoms with Crippen molar-refractivity contribution in [3.63, 3.8) is 0 Å². The van der Waals surface area contributed by atoms with Gasteiger partial charge in [-0.05, 0) is 37.5 Å². The van der Waals surface area contributed by atoms with E-state index in [-0.39, 0.29) is 11.8 Å². The fourth-order valence-corrected chi connectivity index (χ4v) is 3.32. The van der Waals surface area contributed by atoms with E-state index < -0.39 is 6.10 Å². The first-order valence-corrected chi connectivity index (χ1v) is 7.08. The first kappa shape index (κ1) is 12.9. The highest BCUT2D eigenvalue weighted by Gasteiger charge is 2.34. The number of hydrogen-bond donors (Lipinski definition) is 2. The zero-order chi connectivity index (χ0) is 12.4. The first-order valence-electron chi connectivity index (χ1n) is 7.08. The summed E-state index contributed by atoms with van der Waals surface area (Å²) in [4.78, 5) is 12.1. The van der Waals surface area contributed by atoms with Crippen molar-refractivity contribution < 1.29 is 9.90 Å². The first-order chi connectivity index (χ1) is 8.09. The van der Waals surface area contributed by atoms with Gasteiger partial charge in [-0.1, -0.05) is 26.7 Å². The molecule has 2 N–H and O–H groups in total. The highest BCUT2D eigenvalue weighted by molar-refractivity contribution is 5.79. The number of aliphatic hydroxyl groups excluding tert-OH is 1. The molecule has 5 unspecified atom stereocenters. The molecule has 0 radical (unpaired) electrons. The second-order valence-electron chi connectivity index (χ2n) is 5.99. The molecule has 0 aliphatic heterocycles. The van der Waals surface area contributed by atoms with E-state index in [2.05, 4.69) is 19.2 Å². The zero-order valence-electron chi connectivity index (χ0n) is 11.0. The van der Waals surface area contributed by atoms with Gasteiger partial charge in [-0.2, -0.15) is 0 Å². The lowest BCUT2D eigenvalue weighted by Gasteiger charge is -2.35. The SMILES string of the molecule is CC1CCCC(NC(=O)C2CCCC2O)C1C. The third kappa shape index (κ3) is 2.82. The number of amides is 1. The molecule has 2 rings (SSSR count). The summed E-state index contributed by atoms with van der Waals surface area (Å²) in [6, 6.07) is 0.319. The Bertz CT molecular complexity index is 279. The summed E-state index contributed by atoms with van der Waals surface area (Å²) >= 11 is 0. The Hall–Kier alpha value is -0.570. The molecule has 0 aromatic rings. The van der Waals surface area contributed by atoms with Crippen LogP contribution in [0, 0.1) is 17.8 Å². The van der Waals surface area contributed by atoms with Crippen molar-refractivity contribution >= 4 is 5.91 Å². The minimum Gasteiger partial charge on any atom is -0.392 e. The molecule has 2 fully saturated rings. The largest absolute Gasteiger partial charge is 0.392 e. The molecule has 2 aliphatic rings. The number of nitrogens with one attached hydrogen (secondary N) is 1. The van der Waals surface area contributed by atoms with E-state index >= 15 is 0 Å². The Kier molecular flexibility index (Phi) is 4.08. The maximum Gasteiger partial charge on any atom is 0.225 e. The second kappa shape index (κ2) is 5.38. The smallest absolute Gasteiger partial charge is 0.225 e. The van der Waals surface area contributed by atoms with Crippen LogP contribution in [0.15, 0.2) is 0 Å². The highest BCUT2D eigenvalue weighted by Crippen LogP contribution is 2.31. The van der Waals surface area contributed by atoms with Crippen molar-refractivity contribution in [2.45, 2.75) is 64.5 Å². The molecule has 5 atom stereocenters. The maximum atomic E-state index is 12.1. The molecule has 3 heteroatoms. The minimum atomic E-state index is -0.411. The predicted molar refractivity (Wildman–Crippen MR) is 67.5 cm³/mol. The Morgan fingerprint density at radius 3 is 2.47 bits per heavy atom. The van der Waals surface area contributed by atoms with E-state index in [9.17, 15) is 9.90 Å². The van der Waals surface area contributed by atoms with E-state index in [1.54, 1.807) is 0 Å². The topological polar surface area (TPSA) is 49.3 Å². The summed E-state index contributed by atoms with van der Waals surface area (Å²) in [6.45, 7) is 4.51. The van der Waals surface area contributed by atoms with Crippen molar-refractivity contribution in [1.82, 2.24) is 5.32 Å². The van der Waals surface area contributed by atoms with Gasteiger partial charge in [-0.3, -0.25) is 4.79 Å². The average molecular weight is 239 g/mol. The van der Waals surface area contributed by atoms with Crippen LogP contribution in [0.5, 0.6) is 0 Å². The van der Waals surface area contributed by atoms with E-state index in [1.807, 2.05) is 0 Å². The van der Waals surface area contributed by atoms with Crippen molar-refractivity contribution in [2.75, 3.05) is 0 Å². The van der Waals surface area contributed by atoms with Crippen molar-refractivity contribution in [3.05, 3.63) is 0 Å². The van der Waals surface area contributed by atoms with Crippen molar-refractivity contribution in [1.29, 1.82) is 0 Å². The molecule has 2 saturated carbocycles. The van der Waals surface area contributed by atoms with Crippen molar-refractivity contribution in [2.24, 2.45) is 17.8 Å². The molecule has 0 spiro atoms. The molecule has 2 aliphatic carbocycles. The Balaban J connectivity index is 1.89. The van der Waals surface area contributed by atoms with Gasteiger partial charge >= 0.3 is 0 Å². The Morgan fingerprint density at radius 2 is 1.82 bits per heavy atom. The van der Waals surface area contributed by atoms with E-state index in [0.717, 1.165) is 25.7 Å². The molecule has 1 amide bonds. The summed E-state index contributed by atoms with van der Waals surface area (Å²) in [5.41, 5.74) is 0. The van der Waals surface area contributed by atoms with Crippen LogP contribution in [0.25, 0.3) is 0 Å². The van der Waals surface area contributed by atoms with Gasteiger partial charge in [0.25, 0.3) is 0 Å². The lowest BCUT2D eigenvalue weighted by atomic mass is 9.78. The van der Waals surface area contributed by atoms with Gasteiger partial charge in [0.15, 0.2) is 0 Å². The Labute approximate surface area is 104 Å². The van der Waals surface area contributed by atoms with Crippen molar-refractivity contribution in [3.8, 4) is 0 Å². The van der Waals surface area contributed by atoms with Crippen LogP contribution in [0.3, 0.4) is 0 Å². The molecule has 17 heavy (non-hydrogen) atoms. The van der Waals surface area contributed by atoms with Crippen LogP contribution in [-0.4, -0.2) is 23.2 Å². The van der Waals surface area contributed by atoms with Crippen LogP contribution >= 0.6 is 0 Å². The van der Waals surface area contributed by atoms with Gasteiger partial charge in [-0.15, -0.1) is 0 Å². The Morgan fingerprint density at radius 1 is 1.12 bits per heavy atom. The molecule has 0 aromatic carbocycles. The van der Waals surface area contributed by atoms with Crippen LogP contribution in [0.1, 0.15) is 52.4 Å². The number of carbonyl (C=O) groups excluding carboxylic acids is 1. The molecule has 98 valence electrons. The fourth-order valence-electron chi connectivity index (χ4n) is 3.32. The molecular weight excluding hydrogens is 214 g/mol. The molecule has 0 heterocycles. The summed E-state index contributed by atoms with van der Waals surface area (Å²) in [5, 5.41) is 12.9. The van der Waals surface area contributed by atoms with E-state index in [4.69, 9.17) is 0 Å². The van der Waals surface area contributed by atoms with Gasteiger partial charge in [0, 0.05) is 6.04 Å². The standard InChI is InChI=1S/C14H25NO2/c1-9-5-3-7-12(10(9)2)15-14(17)11-6-4-8-13(11)16/h9-13,16H,3-8H2,1-2H3,(H,15,17). The van der Waals surface area contributed by atoms with Crippen LogP contribution in [0.4, 0.5) is 0 Å². The summed E-state index contributed by atoms with van der Waals surface area (Å²) in [7, 11) is 0. The second-order valence-corrected chi connectivity index (χ2v) is 5.99. The normalized spacial score (nSPS) is 42.4. The third-order valence-corrected chi connectivity index (χ3v) is 4.85. The van der Waals surface area contributed by atoms with E-state index in [0.29, 0.717) is 17.9 Å². The number of hydrogen-bond acceptors (Lipinski definition) is 2. The molecular formula is C14H25NO2. The zero-order valence-corrected chi connectivity index (χ0v) is 11.0. The predicted octanol–water partition coefficient (Wildman–Crippen LogP) is 2.09. The lowest BCUT2D eigenvalue weighted by Crippen LogP contribution is -2.47. The van der Waals surface area contributed by atoms with Crippen LogP contribution in [-0.2, 0) is 4.79 Å². The highest BCUT2D eigenvalue weighted by atomic mass is 16.3. The average Bonchev–Trinajstić information content (AvgIpc) is 2.71. The molecule has 0 aromatic heterocycles. The molecule has 3 nitrogen and oxygen atoms in total. The van der Waals surface area contributed by atoms with Gasteiger partial charge in [-0.25, -0.2) is 0 Å². The third-order valence-electron chi connectivity index (χ3n) is 4.85.